The molecule has 2 saturated heterocycles. The van der Waals surface area contributed by atoms with E-state index in [1.807, 2.05) is 12.1 Å². The van der Waals surface area contributed by atoms with E-state index in [2.05, 4.69) is 15.2 Å². The second kappa shape index (κ2) is 8.14. The molecule has 1 aromatic carbocycles. The Morgan fingerprint density at radius 2 is 2.04 bits per heavy atom. The van der Waals surface area contributed by atoms with E-state index in [1.54, 1.807) is 27.3 Å². The zero-order chi connectivity index (χ0) is 18.6. The Morgan fingerprint density at radius 1 is 1.31 bits per heavy atom. The molecule has 7 nitrogen and oxygen atoms in total. The molecule has 0 amide bonds. The van der Waals surface area contributed by atoms with Crippen LogP contribution >= 0.6 is 0 Å². The minimum Gasteiger partial charge on any atom is -0.497 e. The van der Waals surface area contributed by atoms with Crippen molar-refractivity contribution in [1.82, 2.24) is 10.2 Å². The second-order valence-corrected chi connectivity index (χ2v) is 7.06. The monoisotopic (exact) mass is 363 g/mol. The van der Waals surface area contributed by atoms with Crippen molar-refractivity contribution in [1.29, 1.82) is 0 Å². The summed E-state index contributed by atoms with van der Waals surface area (Å²) in [6.45, 7) is 3.98. The number of aliphatic hydroxyl groups is 1. The maximum absolute atomic E-state index is 10.6. The number of methoxy groups -OCH3 is 2. The van der Waals surface area contributed by atoms with Gasteiger partial charge in [0.2, 0.25) is 0 Å². The van der Waals surface area contributed by atoms with Crippen molar-refractivity contribution < 1.29 is 19.3 Å². The van der Waals surface area contributed by atoms with Gasteiger partial charge in [-0.05, 0) is 30.5 Å². The van der Waals surface area contributed by atoms with Gasteiger partial charge in [-0.1, -0.05) is 0 Å². The highest BCUT2D eigenvalue weighted by atomic mass is 16.5. The number of nitrogens with zero attached hydrogens (tertiary/aromatic N) is 2. The highest BCUT2D eigenvalue weighted by Crippen LogP contribution is 2.38. The van der Waals surface area contributed by atoms with Gasteiger partial charge in [-0.2, -0.15) is 0 Å². The third-order valence-electron chi connectivity index (χ3n) is 5.35. The number of aliphatic imine (C=N–C) groups is 1. The van der Waals surface area contributed by atoms with Crippen molar-refractivity contribution in [3.05, 3.63) is 23.8 Å². The summed E-state index contributed by atoms with van der Waals surface area (Å²) in [7, 11) is 4.97. The molecule has 2 N–H and O–H groups in total. The number of ether oxygens (including phenoxy) is 3. The first-order chi connectivity index (χ1) is 12.6. The van der Waals surface area contributed by atoms with Crippen LogP contribution in [-0.4, -0.2) is 70.1 Å². The Balaban J connectivity index is 1.60. The first-order valence-electron chi connectivity index (χ1n) is 9.03. The number of likely N-dealkylation sites (tertiary alicyclic amines) is 1. The van der Waals surface area contributed by atoms with Crippen LogP contribution in [0.1, 0.15) is 24.5 Å². The molecule has 3 rings (SSSR count). The minimum absolute atomic E-state index is 0.274. The van der Waals surface area contributed by atoms with Gasteiger partial charge in [0.1, 0.15) is 11.5 Å². The number of hydrogen-bond donors (Lipinski definition) is 2. The van der Waals surface area contributed by atoms with E-state index in [4.69, 9.17) is 14.2 Å². The van der Waals surface area contributed by atoms with Crippen LogP contribution < -0.4 is 14.8 Å². The molecule has 0 aliphatic carbocycles. The summed E-state index contributed by atoms with van der Waals surface area (Å²) in [6, 6.07) is 5.42. The zero-order valence-electron chi connectivity index (χ0n) is 15.8. The summed E-state index contributed by atoms with van der Waals surface area (Å²) in [6.07, 6.45) is 1.55. The van der Waals surface area contributed by atoms with Crippen LogP contribution in [0.25, 0.3) is 0 Å². The van der Waals surface area contributed by atoms with Crippen LogP contribution in [0.2, 0.25) is 0 Å². The summed E-state index contributed by atoms with van der Waals surface area (Å²) in [5.41, 5.74) is 1.02. The quantitative estimate of drug-likeness (QED) is 0.609. The van der Waals surface area contributed by atoms with Gasteiger partial charge in [0.05, 0.1) is 26.9 Å². The van der Waals surface area contributed by atoms with Crippen molar-refractivity contribution in [3.63, 3.8) is 0 Å². The van der Waals surface area contributed by atoms with Gasteiger partial charge in [0, 0.05) is 44.8 Å². The molecular weight excluding hydrogens is 334 g/mol. The van der Waals surface area contributed by atoms with E-state index in [0.29, 0.717) is 18.0 Å². The van der Waals surface area contributed by atoms with Crippen LogP contribution in [0.5, 0.6) is 11.5 Å². The van der Waals surface area contributed by atoms with Crippen molar-refractivity contribution in [2.45, 2.75) is 18.9 Å². The molecule has 2 heterocycles. The molecule has 0 aromatic heterocycles. The van der Waals surface area contributed by atoms with Gasteiger partial charge < -0.3 is 29.5 Å². The zero-order valence-corrected chi connectivity index (χ0v) is 15.8. The Hall–Kier alpha value is -1.99. The largest absolute Gasteiger partial charge is 0.497 e. The Bertz CT molecular complexity index is 621. The number of nitrogens with one attached hydrogen (secondary N) is 1. The summed E-state index contributed by atoms with van der Waals surface area (Å²) < 4.78 is 16.1. The first kappa shape index (κ1) is 18.8. The van der Waals surface area contributed by atoms with Gasteiger partial charge >= 0.3 is 0 Å². The van der Waals surface area contributed by atoms with Crippen molar-refractivity contribution in [3.8, 4) is 11.5 Å². The third-order valence-corrected chi connectivity index (χ3v) is 5.35. The normalized spacial score (nSPS) is 24.2. The molecule has 26 heavy (non-hydrogen) atoms. The van der Waals surface area contributed by atoms with Gasteiger partial charge in [-0.25, -0.2) is 0 Å². The number of aliphatic hydroxyl groups excluding tert-OH is 1. The molecule has 2 fully saturated rings. The van der Waals surface area contributed by atoms with Crippen molar-refractivity contribution >= 4 is 5.96 Å². The molecule has 0 bridgehead atoms. The molecule has 2 aliphatic heterocycles. The Labute approximate surface area is 155 Å². The summed E-state index contributed by atoms with van der Waals surface area (Å²) >= 11 is 0. The molecule has 2 unspecified atom stereocenters. The van der Waals surface area contributed by atoms with Gasteiger partial charge in [-0.3, -0.25) is 4.99 Å². The highest BCUT2D eigenvalue weighted by Gasteiger charge is 2.42. The summed E-state index contributed by atoms with van der Waals surface area (Å²) in [4.78, 5) is 6.65. The van der Waals surface area contributed by atoms with E-state index in [9.17, 15) is 5.11 Å². The van der Waals surface area contributed by atoms with Crippen molar-refractivity contribution in [2.24, 2.45) is 10.4 Å². The van der Waals surface area contributed by atoms with Crippen LogP contribution in [0.3, 0.4) is 0 Å². The average molecular weight is 363 g/mol. The van der Waals surface area contributed by atoms with Gasteiger partial charge in [0.25, 0.3) is 0 Å². The Kier molecular flexibility index (Phi) is 5.88. The number of rotatable bonds is 5. The minimum atomic E-state index is -0.692. The lowest BCUT2D eigenvalue weighted by molar-refractivity contribution is 0.156. The molecule has 1 aromatic rings. The number of benzene rings is 1. The van der Waals surface area contributed by atoms with E-state index < -0.39 is 6.10 Å². The third kappa shape index (κ3) is 4.04. The SMILES string of the molecule is CN=C(NCC(O)c1cc(OC)cc(OC)c1)N1CCC2(CCOC2)C1. The maximum atomic E-state index is 10.6. The standard InChI is InChI=1S/C19H29N3O4/c1-20-18(22-6-4-19(12-22)5-7-26-13-19)21-11-17(23)14-8-15(24-2)10-16(9-14)25-3/h8-10,17,23H,4-7,11-13H2,1-3H3,(H,20,21). The van der Waals surface area contributed by atoms with Crippen molar-refractivity contribution in [2.75, 3.05) is 54.1 Å². The van der Waals surface area contributed by atoms with Crippen LogP contribution in [0, 0.1) is 5.41 Å². The maximum Gasteiger partial charge on any atom is 0.193 e. The van der Waals surface area contributed by atoms with E-state index in [-0.39, 0.29) is 5.41 Å². The van der Waals surface area contributed by atoms with Gasteiger partial charge in [0.15, 0.2) is 5.96 Å². The molecule has 2 aliphatic rings. The number of guanidine groups is 1. The van der Waals surface area contributed by atoms with Crippen LogP contribution in [0.4, 0.5) is 0 Å². The predicted molar refractivity (Wildman–Crippen MR) is 99.9 cm³/mol. The molecule has 0 radical (unpaired) electrons. The molecule has 2 atom stereocenters. The van der Waals surface area contributed by atoms with E-state index >= 15 is 0 Å². The molecular formula is C19H29N3O4. The van der Waals surface area contributed by atoms with E-state index in [1.165, 1.54) is 0 Å². The second-order valence-electron chi connectivity index (χ2n) is 7.06. The first-order valence-corrected chi connectivity index (χ1v) is 9.03. The fourth-order valence-electron chi connectivity index (χ4n) is 3.75. The van der Waals surface area contributed by atoms with Crippen LogP contribution in [0.15, 0.2) is 23.2 Å². The van der Waals surface area contributed by atoms with Crippen LogP contribution in [-0.2, 0) is 4.74 Å². The summed E-state index contributed by atoms with van der Waals surface area (Å²) in [5, 5.41) is 13.9. The molecule has 1 spiro atoms. The smallest absolute Gasteiger partial charge is 0.193 e. The average Bonchev–Trinajstić information content (AvgIpc) is 3.31. The fourth-order valence-corrected chi connectivity index (χ4v) is 3.75. The predicted octanol–water partition coefficient (Wildman–Crippen LogP) is 1.42. The lowest BCUT2D eigenvalue weighted by atomic mass is 9.87. The Morgan fingerprint density at radius 3 is 2.62 bits per heavy atom. The topological polar surface area (TPSA) is 75.6 Å². The number of hydrogen-bond acceptors (Lipinski definition) is 5. The molecule has 7 heteroatoms. The van der Waals surface area contributed by atoms with E-state index in [0.717, 1.165) is 50.7 Å². The fraction of sp³-hybridized carbons (Fsp3) is 0.632. The lowest BCUT2D eigenvalue weighted by Gasteiger charge is -2.25. The summed E-state index contributed by atoms with van der Waals surface area (Å²) in [5.74, 6) is 2.14. The highest BCUT2D eigenvalue weighted by molar-refractivity contribution is 5.80. The lowest BCUT2D eigenvalue weighted by Crippen LogP contribution is -2.42. The molecule has 0 saturated carbocycles. The van der Waals surface area contributed by atoms with Gasteiger partial charge in [-0.15, -0.1) is 0 Å². The molecule has 144 valence electrons.